The summed E-state index contributed by atoms with van der Waals surface area (Å²) >= 11 is 1.58. The quantitative estimate of drug-likeness (QED) is 0.834. The number of nitrogens with zero attached hydrogens (tertiary/aromatic N) is 1. The Morgan fingerprint density at radius 2 is 2.15 bits per heavy atom. The van der Waals surface area contributed by atoms with E-state index >= 15 is 0 Å². The fraction of sp³-hybridized carbons (Fsp3) is 0.333. The van der Waals surface area contributed by atoms with Gasteiger partial charge in [0.15, 0.2) is 5.13 Å². The lowest BCUT2D eigenvalue weighted by atomic mass is 10.0. The van der Waals surface area contributed by atoms with E-state index in [9.17, 15) is 4.79 Å². The normalized spacial score (nSPS) is 13.8. The van der Waals surface area contributed by atoms with Crippen LogP contribution in [-0.2, 0) is 12.8 Å². The summed E-state index contributed by atoms with van der Waals surface area (Å²) in [5, 5.41) is 3.55. The Morgan fingerprint density at radius 3 is 2.90 bits per heavy atom. The Balaban J connectivity index is 1.80. The van der Waals surface area contributed by atoms with Gasteiger partial charge in [0.25, 0.3) is 5.91 Å². The Kier molecular flexibility index (Phi) is 3.44. The van der Waals surface area contributed by atoms with E-state index in [0.717, 1.165) is 24.1 Å². The molecule has 3 N–H and O–H groups in total. The first kappa shape index (κ1) is 13.1. The van der Waals surface area contributed by atoms with E-state index < -0.39 is 0 Å². The second-order valence-corrected chi connectivity index (χ2v) is 6.22. The maximum Gasteiger partial charge on any atom is 0.259 e. The molecule has 1 amide bonds. The minimum atomic E-state index is -0.186. The summed E-state index contributed by atoms with van der Waals surface area (Å²) in [4.78, 5) is 18.1. The van der Waals surface area contributed by atoms with Crippen molar-refractivity contribution >= 4 is 28.1 Å². The van der Waals surface area contributed by atoms with Crippen molar-refractivity contribution in [3.63, 3.8) is 0 Å². The average Bonchev–Trinajstić information content (AvgIpc) is 2.80. The van der Waals surface area contributed by atoms with Crippen molar-refractivity contribution in [1.82, 2.24) is 4.98 Å². The predicted molar refractivity (Wildman–Crippen MR) is 82.3 cm³/mol. The van der Waals surface area contributed by atoms with Crippen molar-refractivity contribution in [2.45, 2.75) is 32.6 Å². The van der Waals surface area contributed by atoms with Crippen LogP contribution in [0, 0.1) is 6.92 Å². The molecule has 0 radical (unpaired) electrons. The third kappa shape index (κ3) is 2.54. The van der Waals surface area contributed by atoms with Gasteiger partial charge in [0, 0.05) is 10.6 Å². The van der Waals surface area contributed by atoms with Crippen molar-refractivity contribution in [2.75, 3.05) is 11.1 Å². The molecule has 1 aliphatic rings. The number of hydrogen-bond donors (Lipinski definition) is 2. The van der Waals surface area contributed by atoms with E-state index in [-0.39, 0.29) is 5.91 Å². The molecular weight excluding hydrogens is 270 g/mol. The summed E-state index contributed by atoms with van der Waals surface area (Å²) in [6, 6.07) is 5.45. The second kappa shape index (κ2) is 5.25. The lowest BCUT2D eigenvalue weighted by Crippen LogP contribution is -2.14. The summed E-state index contributed by atoms with van der Waals surface area (Å²) < 4.78 is 0. The van der Waals surface area contributed by atoms with Crippen molar-refractivity contribution in [3.8, 4) is 0 Å². The molecule has 1 aromatic carbocycles. The van der Waals surface area contributed by atoms with Crippen LogP contribution >= 0.6 is 11.3 Å². The average molecular weight is 287 g/mol. The van der Waals surface area contributed by atoms with E-state index in [4.69, 9.17) is 5.73 Å². The Morgan fingerprint density at radius 1 is 1.35 bits per heavy atom. The lowest BCUT2D eigenvalue weighted by molar-refractivity contribution is 0.102. The Labute approximate surface area is 122 Å². The van der Waals surface area contributed by atoms with E-state index in [0.29, 0.717) is 16.4 Å². The zero-order valence-corrected chi connectivity index (χ0v) is 12.2. The number of carbonyl (C=O) groups excluding carboxylic acids is 1. The van der Waals surface area contributed by atoms with Crippen LogP contribution in [-0.4, -0.2) is 10.9 Å². The van der Waals surface area contributed by atoms with E-state index in [1.54, 1.807) is 17.4 Å². The number of benzene rings is 1. The highest BCUT2D eigenvalue weighted by Gasteiger charge is 2.17. The van der Waals surface area contributed by atoms with Crippen LogP contribution in [0.2, 0.25) is 0 Å². The van der Waals surface area contributed by atoms with Gasteiger partial charge in [0.1, 0.15) is 0 Å². The number of nitrogens with one attached hydrogen (secondary N) is 1. The third-order valence-corrected chi connectivity index (χ3v) is 4.59. The van der Waals surface area contributed by atoms with Crippen molar-refractivity contribution in [1.29, 1.82) is 0 Å². The van der Waals surface area contributed by atoms with Gasteiger partial charge in [-0.2, -0.15) is 0 Å². The second-order valence-electron chi connectivity index (χ2n) is 5.14. The number of amides is 1. The number of anilines is 2. The fourth-order valence-electron chi connectivity index (χ4n) is 2.46. The van der Waals surface area contributed by atoms with Crippen LogP contribution in [0.4, 0.5) is 10.8 Å². The van der Waals surface area contributed by atoms with Gasteiger partial charge in [-0.3, -0.25) is 10.1 Å². The maximum atomic E-state index is 12.2. The van der Waals surface area contributed by atoms with Gasteiger partial charge >= 0.3 is 0 Å². The van der Waals surface area contributed by atoms with Crippen molar-refractivity contribution in [3.05, 3.63) is 39.9 Å². The first-order valence-corrected chi connectivity index (χ1v) is 7.61. The van der Waals surface area contributed by atoms with Gasteiger partial charge < -0.3 is 5.73 Å². The number of aryl methyl sites for hydroxylation is 3. The SMILES string of the molecule is Cc1ccc(C(=O)Nc2nc3c(s2)CCCC3)c(N)c1. The first-order valence-electron chi connectivity index (χ1n) is 6.79. The summed E-state index contributed by atoms with van der Waals surface area (Å²) in [5.74, 6) is -0.186. The third-order valence-electron chi connectivity index (χ3n) is 3.52. The summed E-state index contributed by atoms with van der Waals surface area (Å²) in [6.45, 7) is 1.95. The molecule has 0 saturated carbocycles. The molecule has 0 unspecified atom stereocenters. The number of carbonyl (C=O) groups is 1. The van der Waals surface area contributed by atoms with E-state index in [1.807, 2.05) is 19.1 Å². The Hall–Kier alpha value is -1.88. The molecule has 0 spiro atoms. The zero-order valence-electron chi connectivity index (χ0n) is 11.4. The van der Waals surface area contributed by atoms with Crippen LogP contribution < -0.4 is 11.1 Å². The molecule has 3 rings (SSSR count). The van der Waals surface area contributed by atoms with Gasteiger partial charge in [-0.05, 0) is 50.3 Å². The standard InChI is InChI=1S/C15H17N3OS/c1-9-6-7-10(11(16)8-9)14(19)18-15-17-12-4-2-3-5-13(12)20-15/h6-8H,2-5,16H2,1H3,(H,17,18,19). The molecule has 1 heterocycles. The van der Waals surface area contributed by atoms with Crippen LogP contribution in [0.3, 0.4) is 0 Å². The molecular formula is C15H17N3OS. The molecule has 0 saturated heterocycles. The Bertz CT molecular complexity index is 640. The molecule has 0 fully saturated rings. The number of aromatic nitrogens is 1. The highest BCUT2D eigenvalue weighted by molar-refractivity contribution is 7.15. The van der Waals surface area contributed by atoms with E-state index in [2.05, 4.69) is 10.3 Å². The highest BCUT2D eigenvalue weighted by atomic mass is 32.1. The minimum absolute atomic E-state index is 0.186. The molecule has 2 aromatic rings. The smallest absolute Gasteiger partial charge is 0.259 e. The van der Waals surface area contributed by atoms with Gasteiger partial charge in [-0.15, -0.1) is 11.3 Å². The maximum absolute atomic E-state index is 12.2. The van der Waals surface area contributed by atoms with E-state index in [1.165, 1.54) is 17.7 Å². The van der Waals surface area contributed by atoms with Gasteiger partial charge in [0.2, 0.25) is 0 Å². The molecule has 1 aliphatic carbocycles. The summed E-state index contributed by atoms with van der Waals surface area (Å²) in [7, 11) is 0. The molecule has 0 atom stereocenters. The number of fused-ring (bicyclic) bond motifs is 1. The molecule has 4 nitrogen and oxygen atoms in total. The molecule has 0 aliphatic heterocycles. The topological polar surface area (TPSA) is 68.0 Å². The largest absolute Gasteiger partial charge is 0.398 e. The number of nitrogens with two attached hydrogens (primary N) is 1. The molecule has 104 valence electrons. The van der Waals surface area contributed by atoms with Gasteiger partial charge in [-0.25, -0.2) is 4.98 Å². The molecule has 0 bridgehead atoms. The number of hydrogen-bond acceptors (Lipinski definition) is 4. The van der Waals surface area contributed by atoms with Crippen molar-refractivity contribution in [2.24, 2.45) is 0 Å². The number of rotatable bonds is 2. The minimum Gasteiger partial charge on any atom is -0.398 e. The lowest BCUT2D eigenvalue weighted by Gasteiger charge is -2.06. The summed E-state index contributed by atoms with van der Waals surface area (Å²) in [6.07, 6.45) is 4.51. The molecule has 20 heavy (non-hydrogen) atoms. The van der Waals surface area contributed by atoms with Gasteiger partial charge in [0.05, 0.1) is 11.3 Å². The van der Waals surface area contributed by atoms with Crippen molar-refractivity contribution < 1.29 is 4.79 Å². The monoisotopic (exact) mass is 287 g/mol. The fourth-order valence-corrected chi connectivity index (χ4v) is 3.50. The van der Waals surface area contributed by atoms with Crippen LogP contribution in [0.5, 0.6) is 0 Å². The first-order chi connectivity index (χ1) is 9.63. The number of thiazole rings is 1. The highest BCUT2D eigenvalue weighted by Crippen LogP contribution is 2.30. The number of nitrogen functional groups attached to an aromatic ring is 1. The van der Waals surface area contributed by atoms with Gasteiger partial charge in [-0.1, -0.05) is 6.07 Å². The molecule has 5 heteroatoms. The van der Waals surface area contributed by atoms with Crippen LogP contribution in [0.1, 0.15) is 39.3 Å². The van der Waals surface area contributed by atoms with Crippen LogP contribution in [0.15, 0.2) is 18.2 Å². The summed E-state index contributed by atoms with van der Waals surface area (Å²) in [5.41, 5.74) is 9.09. The predicted octanol–water partition coefficient (Wildman–Crippen LogP) is 3.16. The van der Waals surface area contributed by atoms with Crippen LogP contribution in [0.25, 0.3) is 0 Å². The molecule has 1 aromatic heterocycles. The zero-order chi connectivity index (χ0) is 14.1.